The Hall–Kier alpha value is -0.970. The summed E-state index contributed by atoms with van der Waals surface area (Å²) < 4.78 is 24.9. The molecule has 0 N–H and O–H groups in total. The fourth-order valence-electron chi connectivity index (χ4n) is 3.72. The van der Waals surface area contributed by atoms with Gasteiger partial charge in [-0.25, -0.2) is 0 Å². The lowest BCUT2D eigenvalue weighted by Crippen LogP contribution is -2.27. The fourth-order valence-corrected chi connectivity index (χ4v) is 4.91. The summed E-state index contributed by atoms with van der Waals surface area (Å²) >= 11 is 0. The maximum Gasteiger partial charge on any atom is 0.164 e. The Morgan fingerprint density at radius 2 is 1.59 bits per heavy atom. The van der Waals surface area contributed by atoms with Crippen molar-refractivity contribution in [1.29, 1.82) is 0 Å². The van der Waals surface area contributed by atoms with Gasteiger partial charge in [0, 0.05) is 4.90 Å². The van der Waals surface area contributed by atoms with Gasteiger partial charge in [0.2, 0.25) is 0 Å². The van der Waals surface area contributed by atoms with Gasteiger partial charge < -0.3 is 9.47 Å². The van der Waals surface area contributed by atoms with Crippen LogP contribution in [0, 0.1) is 6.92 Å². The van der Waals surface area contributed by atoms with Gasteiger partial charge in [0.15, 0.2) is 5.79 Å². The molecule has 1 aliphatic rings. The largest absolute Gasteiger partial charge is 0.343 e. The van der Waals surface area contributed by atoms with Crippen molar-refractivity contribution in [3.63, 3.8) is 0 Å². The smallest absolute Gasteiger partial charge is 0.164 e. The summed E-state index contributed by atoms with van der Waals surface area (Å²) in [4.78, 5) is 0.852. The second kappa shape index (κ2) is 12.7. The number of allylic oxidation sites excluding steroid dienone is 1. The van der Waals surface area contributed by atoms with Crippen molar-refractivity contribution in [2.75, 3.05) is 5.75 Å². The zero-order chi connectivity index (χ0) is 21.1. The van der Waals surface area contributed by atoms with Gasteiger partial charge in [-0.2, -0.15) is 0 Å². The van der Waals surface area contributed by atoms with Crippen LogP contribution in [0.3, 0.4) is 0 Å². The molecule has 1 aromatic carbocycles. The summed E-state index contributed by atoms with van der Waals surface area (Å²) in [6, 6.07) is 7.90. The Labute approximate surface area is 180 Å². The highest BCUT2D eigenvalue weighted by molar-refractivity contribution is 7.85. The first-order chi connectivity index (χ1) is 13.9. The average Bonchev–Trinajstić information content (AvgIpc) is 2.97. The van der Waals surface area contributed by atoms with Crippen LogP contribution in [0.15, 0.2) is 41.3 Å². The Balaban J connectivity index is 1.75. The minimum Gasteiger partial charge on any atom is -0.343 e. The second-order valence-corrected chi connectivity index (χ2v) is 10.2. The first kappa shape index (κ1) is 24.3. The van der Waals surface area contributed by atoms with Gasteiger partial charge >= 0.3 is 0 Å². The van der Waals surface area contributed by atoms with Crippen molar-refractivity contribution < 1.29 is 13.7 Å². The number of unbranched alkanes of at least 4 members (excludes halogenated alkanes) is 8. The molecule has 1 fully saturated rings. The SMILES string of the molecule is CCCCCCCCCC/C=C/[C@H]1OC(C)(C)O[C@@H]1C[S@@](=O)c1ccc(C)cc1. The lowest BCUT2D eigenvalue weighted by atomic mass is 10.1. The summed E-state index contributed by atoms with van der Waals surface area (Å²) in [5.41, 5.74) is 1.18. The van der Waals surface area contributed by atoms with Crippen LogP contribution in [0.1, 0.15) is 84.1 Å². The van der Waals surface area contributed by atoms with Gasteiger partial charge in [-0.3, -0.25) is 4.21 Å². The summed E-state index contributed by atoms with van der Waals surface area (Å²) in [7, 11) is -1.09. The molecule has 3 nitrogen and oxygen atoms in total. The zero-order valence-electron chi connectivity index (χ0n) is 18.8. The standard InChI is InChI=1S/C25H40O3S/c1-5-6-7-8-9-10-11-12-13-14-15-23-24(28-25(3,4)27-23)20-29(26)22-18-16-21(2)17-19-22/h14-19,23-24H,5-13,20H2,1-4H3/b15-14+/t23-,24-,29-/m1/s1. The van der Waals surface area contributed by atoms with Crippen LogP contribution < -0.4 is 0 Å². The third-order valence-electron chi connectivity index (χ3n) is 5.37. The lowest BCUT2D eigenvalue weighted by molar-refractivity contribution is -0.140. The molecular weight excluding hydrogens is 380 g/mol. The van der Waals surface area contributed by atoms with E-state index >= 15 is 0 Å². The van der Waals surface area contributed by atoms with Crippen LogP contribution in [0.25, 0.3) is 0 Å². The molecule has 0 unspecified atom stereocenters. The molecule has 29 heavy (non-hydrogen) atoms. The van der Waals surface area contributed by atoms with Crippen molar-refractivity contribution in [3.05, 3.63) is 42.0 Å². The summed E-state index contributed by atoms with van der Waals surface area (Å²) in [5, 5.41) is 0. The van der Waals surface area contributed by atoms with Crippen LogP contribution in [0.5, 0.6) is 0 Å². The number of aryl methyl sites for hydroxylation is 1. The first-order valence-corrected chi connectivity index (χ1v) is 12.7. The van der Waals surface area contributed by atoms with E-state index in [2.05, 4.69) is 19.1 Å². The number of rotatable bonds is 13. The van der Waals surface area contributed by atoms with Crippen molar-refractivity contribution in [2.45, 2.75) is 108 Å². The Kier molecular flexibility index (Phi) is 10.6. The normalized spacial score (nSPS) is 22.3. The molecule has 164 valence electrons. The van der Waals surface area contributed by atoms with Gasteiger partial charge in [-0.1, -0.05) is 81.7 Å². The van der Waals surface area contributed by atoms with Gasteiger partial charge in [0.25, 0.3) is 0 Å². The molecule has 0 radical (unpaired) electrons. The second-order valence-electron chi connectivity index (χ2n) is 8.66. The molecule has 0 saturated carbocycles. The molecule has 2 rings (SSSR count). The molecule has 0 aliphatic carbocycles. The van der Waals surface area contributed by atoms with E-state index in [1.807, 2.05) is 45.0 Å². The molecule has 1 aromatic rings. The topological polar surface area (TPSA) is 35.5 Å². The molecule has 0 bridgehead atoms. The first-order valence-electron chi connectivity index (χ1n) is 11.4. The molecular formula is C25H40O3S. The van der Waals surface area contributed by atoms with Crippen LogP contribution in [0.4, 0.5) is 0 Å². The number of ether oxygens (including phenoxy) is 2. The molecule has 1 saturated heterocycles. The Bertz CT molecular complexity index is 636. The van der Waals surface area contributed by atoms with Crippen molar-refractivity contribution >= 4 is 10.8 Å². The number of benzene rings is 1. The number of hydrogen-bond acceptors (Lipinski definition) is 3. The van der Waals surface area contributed by atoms with E-state index in [4.69, 9.17) is 9.47 Å². The van der Waals surface area contributed by atoms with Crippen LogP contribution in [-0.2, 0) is 20.3 Å². The predicted molar refractivity (Wildman–Crippen MR) is 123 cm³/mol. The van der Waals surface area contributed by atoms with E-state index < -0.39 is 16.6 Å². The third kappa shape index (κ3) is 9.15. The zero-order valence-corrected chi connectivity index (χ0v) is 19.6. The summed E-state index contributed by atoms with van der Waals surface area (Å²) in [6.07, 6.45) is 15.8. The Morgan fingerprint density at radius 3 is 2.24 bits per heavy atom. The van der Waals surface area contributed by atoms with E-state index in [0.29, 0.717) is 5.75 Å². The molecule has 0 spiro atoms. The third-order valence-corrected chi connectivity index (χ3v) is 6.80. The summed E-state index contributed by atoms with van der Waals surface area (Å²) in [6.45, 7) is 8.16. The average molecular weight is 421 g/mol. The van der Waals surface area contributed by atoms with Crippen LogP contribution >= 0.6 is 0 Å². The molecule has 3 atom stereocenters. The molecule has 4 heteroatoms. The van der Waals surface area contributed by atoms with Crippen molar-refractivity contribution in [1.82, 2.24) is 0 Å². The quantitative estimate of drug-likeness (QED) is 0.263. The van der Waals surface area contributed by atoms with E-state index in [9.17, 15) is 4.21 Å². The van der Waals surface area contributed by atoms with E-state index in [1.165, 1.54) is 56.9 Å². The lowest BCUT2D eigenvalue weighted by Gasteiger charge is -2.16. The molecule has 0 amide bonds. The van der Waals surface area contributed by atoms with E-state index in [0.717, 1.165) is 11.3 Å². The van der Waals surface area contributed by atoms with E-state index in [1.54, 1.807) is 0 Å². The van der Waals surface area contributed by atoms with Gasteiger partial charge in [-0.15, -0.1) is 0 Å². The number of hydrogen-bond donors (Lipinski definition) is 0. The van der Waals surface area contributed by atoms with Crippen molar-refractivity contribution in [2.24, 2.45) is 0 Å². The summed E-state index contributed by atoms with van der Waals surface area (Å²) in [5.74, 6) is -0.172. The fraction of sp³-hybridized carbons (Fsp3) is 0.680. The molecule has 1 heterocycles. The molecule has 0 aromatic heterocycles. The van der Waals surface area contributed by atoms with Crippen LogP contribution in [-0.4, -0.2) is 28.0 Å². The Morgan fingerprint density at radius 1 is 0.966 bits per heavy atom. The highest BCUT2D eigenvalue weighted by Crippen LogP contribution is 2.30. The highest BCUT2D eigenvalue weighted by atomic mass is 32.2. The highest BCUT2D eigenvalue weighted by Gasteiger charge is 2.40. The van der Waals surface area contributed by atoms with Gasteiger partial charge in [0.05, 0.1) is 16.6 Å². The van der Waals surface area contributed by atoms with Gasteiger partial charge in [-0.05, 0) is 45.7 Å². The maximum absolute atomic E-state index is 12.8. The minimum absolute atomic E-state index is 0.131. The van der Waals surface area contributed by atoms with E-state index in [-0.39, 0.29) is 12.2 Å². The van der Waals surface area contributed by atoms with Gasteiger partial charge in [0.1, 0.15) is 12.2 Å². The van der Waals surface area contributed by atoms with Crippen molar-refractivity contribution in [3.8, 4) is 0 Å². The molecule has 1 aliphatic heterocycles. The monoisotopic (exact) mass is 420 g/mol. The predicted octanol–water partition coefficient (Wildman–Crippen LogP) is 6.71. The minimum atomic E-state index is -1.09. The van der Waals surface area contributed by atoms with Crippen LogP contribution in [0.2, 0.25) is 0 Å². The maximum atomic E-state index is 12.8.